The Morgan fingerprint density at radius 1 is 1.07 bits per heavy atom. The molecule has 0 spiro atoms. The summed E-state index contributed by atoms with van der Waals surface area (Å²) in [5.74, 6) is 1.99. The van der Waals surface area contributed by atoms with Crippen LogP contribution in [0.3, 0.4) is 0 Å². The van der Waals surface area contributed by atoms with Gasteiger partial charge >= 0.3 is 0 Å². The molecule has 1 unspecified atom stereocenters. The third kappa shape index (κ3) is 2.06. The zero-order chi connectivity index (χ0) is 19.5. The monoisotopic (exact) mass is 382 g/mol. The Morgan fingerprint density at radius 2 is 1.86 bits per heavy atom. The molecule has 2 heterocycles. The second-order valence-electron chi connectivity index (χ2n) is 11.3. The molecule has 4 fully saturated rings. The maximum Gasteiger partial charge on any atom is 0.163 e. The Balaban J connectivity index is 1.49. The Bertz CT molecular complexity index is 843. The Hall–Kier alpha value is -1.13. The van der Waals surface area contributed by atoms with Crippen LogP contribution in [-0.4, -0.2) is 28.2 Å². The molecule has 1 N–H and O–H groups in total. The molecular weight excluding hydrogens is 348 g/mol. The van der Waals surface area contributed by atoms with Gasteiger partial charge in [-0.05, 0) is 92.4 Å². The lowest BCUT2D eigenvalue weighted by molar-refractivity contribution is -0.164. The summed E-state index contributed by atoms with van der Waals surface area (Å²) in [7, 11) is 0. The smallest absolute Gasteiger partial charge is 0.163 e. The molecular formula is C24H34N2O2. The highest BCUT2D eigenvalue weighted by Gasteiger charge is 2.67. The molecule has 4 aliphatic carbocycles. The van der Waals surface area contributed by atoms with Crippen LogP contribution in [0.25, 0.3) is 0 Å². The van der Waals surface area contributed by atoms with Crippen LogP contribution in [0, 0.1) is 34.5 Å². The lowest BCUT2D eigenvalue weighted by Crippen LogP contribution is -2.63. The summed E-state index contributed by atoms with van der Waals surface area (Å²) < 4.78 is 13.4. The number of nitrogens with zero attached hydrogens (tertiary/aromatic N) is 1. The van der Waals surface area contributed by atoms with Gasteiger partial charge in [-0.1, -0.05) is 26.0 Å². The van der Waals surface area contributed by atoms with Gasteiger partial charge in [-0.2, -0.15) is 5.10 Å². The van der Waals surface area contributed by atoms with Crippen LogP contribution in [0.5, 0.6) is 0 Å². The van der Waals surface area contributed by atoms with Crippen LogP contribution in [0.2, 0.25) is 0 Å². The molecule has 1 saturated heterocycles. The van der Waals surface area contributed by atoms with E-state index in [9.17, 15) is 0 Å². The first-order valence-corrected chi connectivity index (χ1v) is 11.3. The number of aromatic amines is 1. The standard InChI is InChI=1S/C24H34N2O2/c1-13-6-7-15-19-16(8-9-23(13,15)4)24(5)11-14-12-25-26-18(14)10-17(24)20-21(19)28-22(2,3)27-20/h12,15-17,19-21H,1,6-11H2,2-5H3,(H,25,26)/t15-,16-,17+,19?,20+,21+,23+,24+/m0/s1. The molecule has 0 bridgehead atoms. The molecule has 1 aliphatic heterocycles. The zero-order valence-electron chi connectivity index (χ0n) is 17.8. The number of nitrogens with one attached hydrogen (secondary N) is 1. The predicted octanol–water partition coefficient (Wildman–Crippen LogP) is 4.66. The molecule has 8 atom stereocenters. The normalized spacial score (nSPS) is 51.1. The van der Waals surface area contributed by atoms with E-state index < -0.39 is 5.79 Å². The summed E-state index contributed by atoms with van der Waals surface area (Å²) in [4.78, 5) is 0. The molecule has 6 rings (SSSR count). The van der Waals surface area contributed by atoms with Crippen LogP contribution in [0.15, 0.2) is 18.3 Å². The molecule has 3 saturated carbocycles. The summed E-state index contributed by atoms with van der Waals surface area (Å²) in [6.07, 6.45) is 9.71. The minimum Gasteiger partial charge on any atom is -0.344 e. The first-order valence-electron chi connectivity index (χ1n) is 11.3. The van der Waals surface area contributed by atoms with Gasteiger partial charge in [-0.15, -0.1) is 0 Å². The minimum atomic E-state index is -0.483. The van der Waals surface area contributed by atoms with E-state index in [0.29, 0.717) is 29.1 Å². The van der Waals surface area contributed by atoms with Crippen molar-refractivity contribution in [2.75, 3.05) is 0 Å². The van der Waals surface area contributed by atoms with Gasteiger partial charge in [-0.25, -0.2) is 0 Å². The average molecular weight is 383 g/mol. The van der Waals surface area contributed by atoms with E-state index in [1.165, 1.54) is 42.5 Å². The number of hydrogen-bond donors (Lipinski definition) is 1. The zero-order valence-corrected chi connectivity index (χ0v) is 17.8. The summed E-state index contributed by atoms with van der Waals surface area (Å²) in [5.41, 5.74) is 4.79. The van der Waals surface area contributed by atoms with Crippen LogP contribution < -0.4 is 0 Å². The lowest BCUT2D eigenvalue weighted by Gasteiger charge is -2.62. The van der Waals surface area contributed by atoms with Crippen molar-refractivity contribution in [1.29, 1.82) is 0 Å². The molecule has 5 aliphatic rings. The van der Waals surface area contributed by atoms with Crippen molar-refractivity contribution in [3.63, 3.8) is 0 Å². The van der Waals surface area contributed by atoms with Gasteiger partial charge < -0.3 is 9.47 Å². The van der Waals surface area contributed by atoms with E-state index in [2.05, 4.69) is 50.7 Å². The number of ether oxygens (including phenoxy) is 2. The van der Waals surface area contributed by atoms with E-state index in [1.807, 2.05) is 0 Å². The van der Waals surface area contributed by atoms with Crippen molar-refractivity contribution in [3.05, 3.63) is 29.6 Å². The fourth-order valence-electron chi connectivity index (χ4n) is 8.32. The average Bonchev–Trinajstić information content (AvgIpc) is 3.28. The topological polar surface area (TPSA) is 47.1 Å². The molecule has 0 radical (unpaired) electrons. The molecule has 4 nitrogen and oxygen atoms in total. The quantitative estimate of drug-likeness (QED) is 0.664. The summed E-state index contributed by atoms with van der Waals surface area (Å²) in [5, 5.41) is 7.65. The maximum atomic E-state index is 6.70. The highest BCUT2D eigenvalue weighted by molar-refractivity contribution is 5.29. The second-order valence-corrected chi connectivity index (χ2v) is 11.3. The highest BCUT2D eigenvalue weighted by Crippen LogP contribution is 2.68. The van der Waals surface area contributed by atoms with E-state index in [0.717, 1.165) is 12.8 Å². The molecule has 0 amide bonds. The molecule has 1 aromatic rings. The Labute approximate surface area is 168 Å². The van der Waals surface area contributed by atoms with Gasteiger partial charge in [0.1, 0.15) is 0 Å². The molecule has 152 valence electrons. The van der Waals surface area contributed by atoms with E-state index in [4.69, 9.17) is 9.47 Å². The van der Waals surface area contributed by atoms with Gasteiger partial charge in [0.2, 0.25) is 0 Å². The van der Waals surface area contributed by atoms with Crippen LogP contribution in [0.1, 0.15) is 64.6 Å². The van der Waals surface area contributed by atoms with Gasteiger partial charge in [0.25, 0.3) is 0 Å². The third-order valence-corrected chi connectivity index (χ3v) is 9.72. The minimum absolute atomic E-state index is 0.189. The summed E-state index contributed by atoms with van der Waals surface area (Å²) >= 11 is 0. The van der Waals surface area contributed by atoms with Gasteiger partial charge in [0.05, 0.1) is 18.4 Å². The van der Waals surface area contributed by atoms with E-state index >= 15 is 0 Å². The van der Waals surface area contributed by atoms with Crippen LogP contribution in [0.4, 0.5) is 0 Å². The summed E-state index contributed by atoms with van der Waals surface area (Å²) in [6.45, 7) is 13.8. The second kappa shape index (κ2) is 5.31. The largest absolute Gasteiger partial charge is 0.344 e. The van der Waals surface area contributed by atoms with Gasteiger partial charge in [0.15, 0.2) is 5.79 Å². The SMILES string of the molecule is C=C1CC[C@H]2C3[C@H]4OC(C)(C)O[C@@H]4[C@H]4Cc5[nH]ncc5C[C@]4(C)[C@H]3CC[C@]12C. The molecule has 28 heavy (non-hydrogen) atoms. The molecule has 4 heteroatoms. The summed E-state index contributed by atoms with van der Waals surface area (Å²) in [6, 6.07) is 0. The number of allylic oxidation sites excluding steroid dienone is 1. The number of rotatable bonds is 0. The Kier molecular flexibility index (Phi) is 3.36. The maximum absolute atomic E-state index is 6.70. The van der Waals surface area contributed by atoms with E-state index in [1.54, 1.807) is 0 Å². The fraction of sp³-hybridized carbons (Fsp3) is 0.792. The molecule has 0 aromatic carbocycles. The fourth-order valence-corrected chi connectivity index (χ4v) is 8.32. The van der Waals surface area contributed by atoms with Crippen molar-refractivity contribution in [2.45, 2.75) is 84.2 Å². The number of hydrogen-bond acceptors (Lipinski definition) is 3. The predicted molar refractivity (Wildman–Crippen MR) is 108 cm³/mol. The van der Waals surface area contributed by atoms with Crippen LogP contribution >= 0.6 is 0 Å². The highest BCUT2D eigenvalue weighted by atomic mass is 16.8. The van der Waals surface area contributed by atoms with E-state index in [-0.39, 0.29) is 17.6 Å². The number of aromatic nitrogens is 2. The first-order chi connectivity index (χ1) is 13.2. The lowest BCUT2D eigenvalue weighted by atomic mass is 9.44. The Morgan fingerprint density at radius 3 is 2.68 bits per heavy atom. The molecule has 1 aromatic heterocycles. The number of fused-ring (bicyclic) bond motifs is 9. The van der Waals surface area contributed by atoms with Crippen molar-refractivity contribution in [3.8, 4) is 0 Å². The third-order valence-electron chi connectivity index (χ3n) is 9.72. The van der Waals surface area contributed by atoms with Crippen LogP contribution in [-0.2, 0) is 22.3 Å². The van der Waals surface area contributed by atoms with Crippen molar-refractivity contribution in [2.24, 2.45) is 34.5 Å². The van der Waals surface area contributed by atoms with Crippen molar-refractivity contribution >= 4 is 0 Å². The first kappa shape index (κ1) is 17.7. The van der Waals surface area contributed by atoms with Gasteiger partial charge in [0, 0.05) is 5.69 Å². The van der Waals surface area contributed by atoms with Crippen molar-refractivity contribution < 1.29 is 9.47 Å². The van der Waals surface area contributed by atoms with Gasteiger partial charge in [-0.3, -0.25) is 5.10 Å². The van der Waals surface area contributed by atoms with Crippen molar-refractivity contribution in [1.82, 2.24) is 10.2 Å². The number of H-pyrrole nitrogens is 1.